The van der Waals surface area contributed by atoms with E-state index in [9.17, 15) is 18.0 Å². The quantitative estimate of drug-likeness (QED) is 0.563. The number of likely N-dealkylation sites (tertiary alicyclic amines) is 1. The molecule has 0 radical (unpaired) electrons. The minimum atomic E-state index is -3.81. The molecular weight excluding hydrogens is 492 g/mol. The van der Waals surface area contributed by atoms with Crippen LogP contribution in [-0.2, 0) is 19.5 Å². The lowest BCUT2D eigenvalue weighted by atomic mass is 10.1. The van der Waals surface area contributed by atoms with Crippen molar-refractivity contribution < 1.29 is 27.5 Å². The summed E-state index contributed by atoms with van der Waals surface area (Å²) >= 11 is 5.87. The smallest absolute Gasteiger partial charge is 0.410 e. The predicted octanol–water partition coefficient (Wildman–Crippen LogP) is 4.50. The van der Waals surface area contributed by atoms with Gasteiger partial charge in [0.05, 0.1) is 23.6 Å². The van der Waals surface area contributed by atoms with Crippen molar-refractivity contribution in [1.82, 2.24) is 9.62 Å². The van der Waals surface area contributed by atoms with Crippen molar-refractivity contribution in [2.75, 3.05) is 13.7 Å². The lowest BCUT2D eigenvalue weighted by Crippen LogP contribution is -2.41. The SMILES string of the molecule is COC(=O)c1ccc(/C=C\[C@@H]2C[C@@H](NS(=O)(=O)c3ccc(Cl)cc3)CN2C(=O)OC(C)(C)C)cc1. The number of carbonyl (C=O) groups is 2. The number of methoxy groups -OCH3 is 1. The van der Waals surface area contributed by atoms with Crippen LogP contribution < -0.4 is 4.72 Å². The summed E-state index contributed by atoms with van der Waals surface area (Å²) in [4.78, 5) is 26.1. The largest absolute Gasteiger partial charge is 0.465 e. The first-order chi connectivity index (χ1) is 16.4. The van der Waals surface area contributed by atoms with Gasteiger partial charge in [-0.05, 0) is 69.2 Å². The number of sulfonamides is 1. The van der Waals surface area contributed by atoms with E-state index in [1.54, 1.807) is 45.0 Å². The van der Waals surface area contributed by atoms with Crippen molar-refractivity contribution in [3.8, 4) is 0 Å². The van der Waals surface area contributed by atoms with Crippen LogP contribution in [0.15, 0.2) is 59.5 Å². The first kappa shape index (κ1) is 26.7. The third-order valence-corrected chi connectivity index (χ3v) is 7.05. The first-order valence-corrected chi connectivity index (χ1v) is 12.9. The normalized spacial score (nSPS) is 18.6. The molecule has 0 aromatic heterocycles. The standard InChI is InChI=1S/C25H29ClN2O6S/c1-25(2,3)34-24(30)28-16-20(27-35(31,32)22-13-10-19(26)11-14-22)15-21(28)12-7-17-5-8-18(9-6-17)23(29)33-4/h5-14,20-21,27H,15-16H2,1-4H3/b12-7-/t20-,21-/m1/s1. The second-order valence-electron chi connectivity index (χ2n) is 9.18. The van der Waals surface area contributed by atoms with Crippen LogP contribution in [0.4, 0.5) is 4.79 Å². The Morgan fingerprint density at radius 1 is 1.09 bits per heavy atom. The molecular formula is C25H29ClN2O6S. The molecule has 2 atom stereocenters. The van der Waals surface area contributed by atoms with Crippen molar-refractivity contribution in [2.24, 2.45) is 0 Å². The van der Waals surface area contributed by atoms with Crippen LogP contribution >= 0.6 is 11.6 Å². The second-order valence-corrected chi connectivity index (χ2v) is 11.3. The van der Waals surface area contributed by atoms with Gasteiger partial charge in [0.1, 0.15) is 5.60 Å². The number of halogens is 1. The summed E-state index contributed by atoms with van der Waals surface area (Å²) in [5.74, 6) is -0.428. The van der Waals surface area contributed by atoms with Gasteiger partial charge in [0.25, 0.3) is 0 Å². The molecule has 1 amide bonds. The van der Waals surface area contributed by atoms with E-state index in [0.29, 0.717) is 17.0 Å². The number of amides is 1. The topological polar surface area (TPSA) is 102 Å². The van der Waals surface area contributed by atoms with Gasteiger partial charge < -0.3 is 14.4 Å². The van der Waals surface area contributed by atoms with Crippen LogP contribution in [0, 0.1) is 0 Å². The molecule has 0 saturated carbocycles. The van der Waals surface area contributed by atoms with Crippen LogP contribution in [0.2, 0.25) is 5.02 Å². The Hall–Kier alpha value is -2.88. The van der Waals surface area contributed by atoms with Crippen molar-refractivity contribution >= 4 is 39.8 Å². The number of nitrogens with one attached hydrogen (secondary N) is 1. The number of benzene rings is 2. The molecule has 1 N–H and O–H groups in total. The minimum absolute atomic E-state index is 0.0930. The number of hydrogen-bond donors (Lipinski definition) is 1. The molecule has 2 aromatic rings. The van der Waals surface area contributed by atoms with Gasteiger partial charge in [0, 0.05) is 17.6 Å². The second kappa shape index (κ2) is 10.8. The molecule has 3 rings (SSSR count). The first-order valence-electron chi connectivity index (χ1n) is 11.0. The summed E-state index contributed by atoms with van der Waals surface area (Å²) in [5, 5.41) is 0.436. The van der Waals surface area contributed by atoms with Gasteiger partial charge in [-0.3, -0.25) is 0 Å². The van der Waals surface area contributed by atoms with E-state index in [-0.39, 0.29) is 11.4 Å². The van der Waals surface area contributed by atoms with Crippen LogP contribution in [0.3, 0.4) is 0 Å². The summed E-state index contributed by atoms with van der Waals surface area (Å²) < 4.78 is 38.7. The Labute approximate surface area is 210 Å². The van der Waals surface area contributed by atoms with Crippen LogP contribution in [0.1, 0.15) is 43.1 Å². The molecule has 1 fully saturated rings. The highest BCUT2D eigenvalue weighted by Crippen LogP contribution is 2.25. The lowest BCUT2D eigenvalue weighted by Gasteiger charge is -2.27. The van der Waals surface area contributed by atoms with Gasteiger partial charge >= 0.3 is 12.1 Å². The van der Waals surface area contributed by atoms with E-state index in [1.165, 1.54) is 36.3 Å². The zero-order chi connectivity index (χ0) is 25.8. The molecule has 188 valence electrons. The van der Waals surface area contributed by atoms with Gasteiger partial charge in [-0.25, -0.2) is 22.7 Å². The van der Waals surface area contributed by atoms with Crippen molar-refractivity contribution in [3.63, 3.8) is 0 Å². The molecule has 8 nitrogen and oxygen atoms in total. The molecule has 1 aliphatic heterocycles. The summed E-state index contributed by atoms with van der Waals surface area (Å²) in [6.45, 7) is 5.47. The van der Waals surface area contributed by atoms with E-state index < -0.39 is 39.8 Å². The zero-order valence-electron chi connectivity index (χ0n) is 20.0. The average molecular weight is 521 g/mol. The fourth-order valence-electron chi connectivity index (χ4n) is 3.64. The van der Waals surface area contributed by atoms with Crippen LogP contribution in [0.25, 0.3) is 6.08 Å². The fourth-order valence-corrected chi connectivity index (χ4v) is 5.00. The van der Waals surface area contributed by atoms with E-state index in [4.69, 9.17) is 21.1 Å². The van der Waals surface area contributed by atoms with E-state index in [2.05, 4.69) is 4.72 Å². The Kier molecular flexibility index (Phi) is 8.25. The number of carbonyl (C=O) groups excluding carboxylic acids is 2. The Balaban J connectivity index is 1.79. The predicted molar refractivity (Wildman–Crippen MR) is 134 cm³/mol. The molecule has 1 saturated heterocycles. The molecule has 2 aromatic carbocycles. The molecule has 1 heterocycles. The van der Waals surface area contributed by atoms with E-state index >= 15 is 0 Å². The number of esters is 1. The maximum atomic E-state index is 12.9. The Morgan fingerprint density at radius 2 is 1.71 bits per heavy atom. The highest BCUT2D eigenvalue weighted by Gasteiger charge is 2.38. The maximum absolute atomic E-state index is 12.9. The van der Waals surface area contributed by atoms with Crippen molar-refractivity contribution in [1.29, 1.82) is 0 Å². The molecule has 0 spiro atoms. The summed E-state index contributed by atoms with van der Waals surface area (Å²) in [5.41, 5.74) is 0.542. The van der Waals surface area contributed by atoms with Crippen molar-refractivity contribution in [2.45, 2.75) is 49.8 Å². The molecule has 0 bridgehead atoms. The van der Waals surface area contributed by atoms with Gasteiger partial charge in [-0.1, -0.05) is 35.9 Å². The molecule has 10 heteroatoms. The summed E-state index contributed by atoms with van der Waals surface area (Å²) in [6, 6.07) is 11.8. The molecule has 1 aliphatic rings. The molecule has 35 heavy (non-hydrogen) atoms. The fraction of sp³-hybridized carbons (Fsp3) is 0.360. The number of rotatable bonds is 6. The monoisotopic (exact) mass is 520 g/mol. The Bertz CT molecular complexity index is 1190. The highest BCUT2D eigenvalue weighted by molar-refractivity contribution is 7.89. The third-order valence-electron chi connectivity index (χ3n) is 5.26. The number of nitrogens with zero attached hydrogens (tertiary/aromatic N) is 1. The zero-order valence-corrected chi connectivity index (χ0v) is 21.6. The lowest BCUT2D eigenvalue weighted by molar-refractivity contribution is 0.0253. The summed E-state index contributed by atoms with van der Waals surface area (Å²) in [6.07, 6.45) is 3.48. The van der Waals surface area contributed by atoms with Crippen molar-refractivity contribution in [3.05, 3.63) is 70.8 Å². The van der Waals surface area contributed by atoms with Gasteiger partial charge in [0.15, 0.2) is 0 Å². The highest BCUT2D eigenvalue weighted by atomic mass is 35.5. The van der Waals surface area contributed by atoms with Gasteiger partial charge in [-0.2, -0.15) is 0 Å². The third kappa shape index (κ3) is 7.30. The van der Waals surface area contributed by atoms with E-state index in [0.717, 1.165) is 5.56 Å². The number of ether oxygens (including phenoxy) is 2. The van der Waals surface area contributed by atoms with Gasteiger partial charge in [0.2, 0.25) is 10.0 Å². The minimum Gasteiger partial charge on any atom is -0.465 e. The Morgan fingerprint density at radius 3 is 2.29 bits per heavy atom. The molecule has 0 unspecified atom stereocenters. The van der Waals surface area contributed by atoms with Crippen LogP contribution in [-0.4, -0.2) is 56.7 Å². The maximum Gasteiger partial charge on any atom is 0.410 e. The summed E-state index contributed by atoms with van der Waals surface area (Å²) in [7, 11) is -2.49. The average Bonchev–Trinajstić information content (AvgIpc) is 3.18. The number of hydrogen-bond acceptors (Lipinski definition) is 6. The van der Waals surface area contributed by atoms with Crippen LogP contribution in [0.5, 0.6) is 0 Å². The van der Waals surface area contributed by atoms with E-state index in [1.807, 2.05) is 12.2 Å². The molecule has 0 aliphatic carbocycles. The van der Waals surface area contributed by atoms with Gasteiger partial charge in [-0.15, -0.1) is 0 Å².